The Labute approximate surface area is 155 Å². The van der Waals surface area contributed by atoms with Crippen LogP contribution in [-0.2, 0) is 23.8 Å². The van der Waals surface area contributed by atoms with Crippen LogP contribution < -0.4 is 5.32 Å². The van der Waals surface area contributed by atoms with Crippen LogP contribution in [0.1, 0.15) is 40.4 Å². The molecule has 2 aromatic carbocycles. The molecule has 27 heavy (non-hydrogen) atoms. The molecule has 2 N–H and O–H groups in total. The summed E-state index contributed by atoms with van der Waals surface area (Å²) in [5.74, 6) is -1.41. The molecule has 0 fully saturated rings. The lowest BCUT2D eigenvalue weighted by molar-refractivity contribution is -0.138. The van der Waals surface area contributed by atoms with Gasteiger partial charge in [-0.05, 0) is 43.0 Å². The summed E-state index contributed by atoms with van der Waals surface area (Å²) in [6.45, 7) is 1.64. The highest BCUT2D eigenvalue weighted by Crippen LogP contribution is 2.32. The van der Waals surface area contributed by atoms with E-state index in [1.54, 1.807) is 25.1 Å². The van der Waals surface area contributed by atoms with Crippen LogP contribution in [0, 0.1) is 0 Å². The number of carboxylic acids is 1. The number of aryl methyl sites for hydroxylation is 1. The first-order valence-corrected chi connectivity index (χ1v) is 8.44. The number of hydrogen-bond acceptors (Lipinski definition) is 2. The topological polar surface area (TPSA) is 66.4 Å². The third-order valence-corrected chi connectivity index (χ3v) is 4.13. The van der Waals surface area contributed by atoms with Crippen molar-refractivity contribution in [1.29, 1.82) is 0 Å². The molecular formula is C20H20F3NO3. The number of carbonyl (C=O) groups is 2. The highest BCUT2D eigenvalue weighted by atomic mass is 19.4. The average molecular weight is 379 g/mol. The van der Waals surface area contributed by atoms with Crippen LogP contribution in [0.15, 0.2) is 48.5 Å². The van der Waals surface area contributed by atoms with E-state index in [1.165, 1.54) is 24.3 Å². The molecular weight excluding hydrogens is 359 g/mol. The maximum atomic E-state index is 13.0. The molecule has 7 heteroatoms. The zero-order valence-corrected chi connectivity index (χ0v) is 14.7. The van der Waals surface area contributed by atoms with E-state index in [1.807, 2.05) is 0 Å². The Morgan fingerprint density at radius 2 is 1.63 bits per heavy atom. The fraction of sp³-hybridized carbons (Fsp3) is 0.300. The minimum atomic E-state index is -4.44. The second kappa shape index (κ2) is 8.70. The SMILES string of the molecule is CC(Cc1ccccc1C(F)(F)F)NC(=O)CCc1ccccc1C(=O)O. The molecule has 0 aliphatic carbocycles. The Kier molecular flexibility index (Phi) is 6.60. The van der Waals surface area contributed by atoms with Crippen LogP contribution in [0.2, 0.25) is 0 Å². The molecule has 1 unspecified atom stereocenters. The predicted octanol–water partition coefficient (Wildman–Crippen LogP) is 4.08. The molecule has 2 aromatic rings. The van der Waals surface area contributed by atoms with Gasteiger partial charge in [-0.3, -0.25) is 4.79 Å². The third-order valence-electron chi connectivity index (χ3n) is 4.13. The fourth-order valence-electron chi connectivity index (χ4n) is 2.90. The van der Waals surface area contributed by atoms with E-state index >= 15 is 0 Å². The van der Waals surface area contributed by atoms with Crippen molar-refractivity contribution in [2.24, 2.45) is 0 Å². The van der Waals surface area contributed by atoms with Crippen molar-refractivity contribution < 1.29 is 27.9 Å². The van der Waals surface area contributed by atoms with E-state index in [0.717, 1.165) is 6.07 Å². The quantitative estimate of drug-likeness (QED) is 0.762. The lowest BCUT2D eigenvalue weighted by Crippen LogP contribution is -2.34. The Bertz CT molecular complexity index is 818. The lowest BCUT2D eigenvalue weighted by atomic mass is 10.00. The van der Waals surface area contributed by atoms with E-state index < -0.39 is 23.8 Å². The molecule has 0 spiro atoms. The first-order chi connectivity index (χ1) is 12.7. The van der Waals surface area contributed by atoms with Crippen LogP contribution in [-0.4, -0.2) is 23.0 Å². The summed E-state index contributed by atoms with van der Waals surface area (Å²) in [6.07, 6.45) is -4.11. The van der Waals surface area contributed by atoms with Crippen molar-refractivity contribution in [2.75, 3.05) is 0 Å². The van der Waals surface area contributed by atoms with E-state index in [0.29, 0.717) is 5.56 Å². The van der Waals surface area contributed by atoms with Crippen molar-refractivity contribution >= 4 is 11.9 Å². The molecule has 0 aliphatic heterocycles. The number of halogens is 3. The molecule has 1 atom stereocenters. The second-order valence-corrected chi connectivity index (χ2v) is 6.29. The number of hydrogen-bond donors (Lipinski definition) is 2. The molecule has 2 rings (SSSR count). The molecule has 0 aliphatic rings. The number of carbonyl (C=O) groups excluding carboxylic acids is 1. The lowest BCUT2D eigenvalue weighted by Gasteiger charge is -2.18. The van der Waals surface area contributed by atoms with Gasteiger partial charge in [0.15, 0.2) is 0 Å². The van der Waals surface area contributed by atoms with Crippen molar-refractivity contribution in [3.63, 3.8) is 0 Å². The monoisotopic (exact) mass is 379 g/mol. The van der Waals surface area contributed by atoms with Gasteiger partial charge in [0.2, 0.25) is 5.91 Å². The van der Waals surface area contributed by atoms with Crippen molar-refractivity contribution in [3.8, 4) is 0 Å². The van der Waals surface area contributed by atoms with E-state index in [-0.39, 0.29) is 36.3 Å². The highest BCUT2D eigenvalue weighted by molar-refractivity contribution is 5.89. The highest BCUT2D eigenvalue weighted by Gasteiger charge is 2.33. The Balaban J connectivity index is 1.95. The zero-order chi connectivity index (χ0) is 20.0. The summed E-state index contributed by atoms with van der Waals surface area (Å²) in [4.78, 5) is 23.3. The number of aromatic carboxylic acids is 1. The first kappa shape index (κ1) is 20.5. The van der Waals surface area contributed by atoms with Gasteiger partial charge in [0, 0.05) is 12.5 Å². The number of carboxylic acid groups (broad SMARTS) is 1. The minimum absolute atomic E-state index is 0.0487. The smallest absolute Gasteiger partial charge is 0.416 e. The van der Waals surface area contributed by atoms with Gasteiger partial charge in [-0.25, -0.2) is 4.79 Å². The standard InChI is InChI=1S/C20H20F3NO3/c1-13(12-15-7-3-5-9-17(15)20(21,22)23)24-18(25)11-10-14-6-2-4-8-16(14)19(26)27/h2-9,13H,10-12H2,1H3,(H,24,25)(H,26,27). The van der Waals surface area contributed by atoms with E-state index in [2.05, 4.69) is 5.32 Å². The number of nitrogens with one attached hydrogen (secondary N) is 1. The zero-order valence-electron chi connectivity index (χ0n) is 14.7. The van der Waals surface area contributed by atoms with Crippen LogP contribution in [0.25, 0.3) is 0 Å². The molecule has 4 nitrogen and oxygen atoms in total. The largest absolute Gasteiger partial charge is 0.478 e. The van der Waals surface area contributed by atoms with E-state index in [4.69, 9.17) is 5.11 Å². The summed E-state index contributed by atoms with van der Waals surface area (Å²) in [6, 6.07) is 11.2. The summed E-state index contributed by atoms with van der Waals surface area (Å²) in [5.41, 5.74) is 0.0863. The van der Waals surface area contributed by atoms with Crippen molar-refractivity contribution in [2.45, 2.75) is 38.4 Å². The maximum absolute atomic E-state index is 13.0. The number of amides is 1. The molecule has 0 saturated heterocycles. The van der Waals surface area contributed by atoms with Gasteiger partial charge in [-0.2, -0.15) is 13.2 Å². The molecule has 0 radical (unpaired) electrons. The summed E-state index contributed by atoms with van der Waals surface area (Å²) in [7, 11) is 0. The molecule has 0 saturated carbocycles. The normalized spacial score (nSPS) is 12.4. The summed E-state index contributed by atoms with van der Waals surface area (Å²) < 4.78 is 39.1. The Hall–Kier alpha value is -2.83. The minimum Gasteiger partial charge on any atom is -0.478 e. The Morgan fingerprint density at radius 3 is 2.26 bits per heavy atom. The molecule has 0 aromatic heterocycles. The molecule has 0 bridgehead atoms. The van der Waals surface area contributed by atoms with Gasteiger partial charge in [0.1, 0.15) is 0 Å². The van der Waals surface area contributed by atoms with Gasteiger partial charge < -0.3 is 10.4 Å². The maximum Gasteiger partial charge on any atom is 0.416 e. The Morgan fingerprint density at radius 1 is 1.04 bits per heavy atom. The number of rotatable bonds is 7. The third kappa shape index (κ3) is 5.84. The van der Waals surface area contributed by atoms with Gasteiger partial charge in [0.25, 0.3) is 0 Å². The average Bonchev–Trinajstić information content (AvgIpc) is 2.59. The molecule has 144 valence electrons. The van der Waals surface area contributed by atoms with Crippen molar-refractivity contribution in [3.05, 3.63) is 70.8 Å². The van der Waals surface area contributed by atoms with Crippen LogP contribution in [0.3, 0.4) is 0 Å². The van der Waals surface area contributed by atoms with Gasteiger partial charge >= 0.3 is 12.1 Å². The number of alkyl halides is 3. The predicted molar refractivity (Wildman–Crippen MR) is 94.5 cm³/mol. The van der Waals surface area contributed by atoms with Crippen LogP contribution in [0.5, 0.6) is 0 Å². The molecule has 0 heterocycles. The van der Waals surface area contributed by atoms with Gasteiger partial charge in [-0.15, -0.1) is 0 Å². The second-order valence-electron chi connectivity index (χ2n) is 6.29. The van der Waals surface area contributed by atoms with Crippen LogP contribution >= 0.6 is 0 Å². The first-order valence-electron chi connectivity index (χ1n) is 8.44. The van der Waals surface area contributed by atoms with Gasteiger partial charge in [-0.1, -0.05) is 36.4 Å². The number of benzene rings is 2. The summed E-state index contributed by atoms with van der Waals surface area (Å²) >= 11 is 0. The van der Waals surface area contributed by atoms with E-state index in [9.17, 15) is 22.8 Å². The molecule has 1 amide bonds. The van der Waals surface area contributed by atoms with Gasteiger partial charge in [0.05, 0.1) is 11.1 Å². The van der Waals surface area contributed by atoms with Crippen LogP contribution in [0.4, 0.5) is 13.2 Å². The fourth-order valence-corrected chi connectivity index (χ4v) is 2.90. The van der Waals surface area contributed by atoms with Crippen molar-refractivity contribution in [1.82, 2.24) is 5.32 Å². The summed E-state index contributed by atoms with van der Waals surface area (Å²) in [5, 5.41) is 11.8.